The summed E-state index contributed by atoms with van der Waals surface area (Å²) in [7, 11) is 0. The molecule has 1 aromatic carbocycles. The van der Waals surface area contributed by atoms with Gasteiger partial charge in [0.25, 0.3) is 5.69 Å². The van der Waals surface area contributed by atoms with Gasteiger partial charge in [0.1, 0.15) is 0 Å². The second kappa shape index (κ2) is 6.43. The lowest BCUT2D eigenvalue weighted by atomic mass is 9.86. The third-order valence-electron chi connectivity index (χ3n) is 3.45. The van der Waals surface area contributed by atoms with Crippen molar-refractivity contribution >= 4 is 11.7 Å². The van der Waals surface area contributed by atoms with Crippen LogP contribution in [0.5, 0.6) is 0 Å². The Morgan fingerprint density at radius 1 is 1.41 bits per heavy atom. The molecule has 0 saturated heterocycles. The fraction of sp³-hybridized carbons (Fsp3) is 0.312. The first-order chi connectivity index (χ1) is 10.4. The molecule has 1 aliphatic heterocycles. The molecule has 0 bridgehead atoms. The molecule has 0 amide bonds. The molecule has 1 N–H and O–H groups in total. The van der Waals surface area contributed by atoms with E-state index < -0.39 is 10.9 Å². The highest BCUT2D eigenvalue weighted by atomic mass is 16.6. The van der Waals surface area contributed by atoms with Gasteiger partial charge in [-0.3, -0.25) is 10.1 Å². The molecule has 1 heterocycles. The first kappa shape index (κ1) is 15.8. The lowest BCUT2D eigenvalue weighted by Gasteiger charge is -2.25. The van der Waals surface area contributed by atoms with E-state index in [0.29, 0.717) is 16.8 Å². The van der Waals surface area contributed by atoms with Crippen molar-refractivity contribution in [3.8, 4) is 0 Å². The summed E-state index contributed by atoms with van der Waals surface area (Å²) in [5, 5.41) is 14.1. The number of hydrogen-bond acceptors (Lipinski definition) is 5. The average molecular weight is 302 g/mol. The second-order valence-corrected chi connectivity index (χ2v) is 5.06. The van der Waals surface area contributed by atoms with Gasteiger partial charge in [0.15, 0.2) is 0 Å². The van der Waals surface area contributed by atoms with E-state index in [-0.39, 0.29) is 18.2 Å². The van der Waals surface area contributed by atoms with E-state index in [4.69, 9.17) is 4.74 Å². The summed E-state index contributed by atoms with van der Waals surface area (Å²) in [6.07, 6.45) is 1.87. The summed E-state index contributed by atoms with van der Waals surface area (Å²) in [6.45, 7) is 5.70. The van der Waals surface area contributed by atoms with E-state index in [0.717, 1.165) is 5.70 Å². The van der Waals surface area contributed by atoms with E-state index in [1.165, 1.54) is 12.1 Å². The highest BCUT2D eigenvalue weighted by Gasteiger charge is 2.28. The summed E-state index contributed by atoms with van der Waals surface area (Å²) in [5.41, 5.74) is 2.77. The summed E-state index contributed by atoms with van der Waals surface area (Å²) in [5.74, 6) is -0.770. The molecule has 6 heteroatoms. The Kier molecular flexibility index (Phi) is 4.60. The van der Waals surface area contributed by atoms with Crippen molar-refractivity contribution in [1.29, 1.82) is 0 Å². The maximum absolute atomic E-state index is 12.2. The van der Waals surface area contributed by atoms with Crippen molar-refractivity contribution in [3.63, 3.8) is 0 Å². The molecule has 22 heavy (non-hydrogen) atoms. The van der Waals surface area contributed by atoms with Crippen LogP contribution in [0.15, 0.2) is 47.3 Å². The number of hydrogen-bond donors (Lipinski definition) is 1. The molecule has 1 aromatic rings. The third-order valence-corrected chi connectivity index (χ3v) is 3.45. The van der Waals surface area contributed by atoms with Gasteiger partial charge in [0.05, 0.1) is 17.1 Å². The number of non-ortho nitro benzene ring substituents is 1. The van der Waals surface area contributed by atoms with Gasteiger partial charge in [-0.05, 0) is 26.3 Å². The van der Waals surface area contributed by atoms with Crippen LogP contribution < -0.4 is 5.32 Å². The largest absolute Gasteiger partial charge is 0.463 e. The van der Waals surface area contributed by atoms with Crippen molar-refractivity contribution in [2.45, 2.75) is 26.7 Å². The molecule has 0 radical (unpaired) electrons. The molecule has 1 unspecified atom stereocenters. The number of dihydropyridines is 1. The normalized spacial score (nSPS) is 17.6. The molecule has 1 atom stereocenters. The van der Waals surface area contributed by atoms with Crippen molar-refractivity contribution in [3.05, 3.63) is 63.0 Å². The van der Waals surface area contributed by atoms with Gasteiger partial charge in [-0.2, -0.15) is 0 Å². The van der Waals surface area contributed by atoms with Crippen LogP contribution in [-0.2, 0) is 9.53 Å². The molecule has 0 aromatic heterocycles. The SMILES string of the molecule is CCOC(=O)C1=C(C)NC(C)=CC1c1cccc([N+](=O)[O-])c1. The monoisotopic (exact) mass is 302 g/mol. The second-order valence-electron chi connectivity index (χ2n) is 5.06. The summed E-state index contributed by atoms with van der Waals surface area (Å²) in [6, 6.07) is 6.32. The van der Waals surface area contributed by atoms with Gasteiger partial charge < -0.3 is 10.1 Å². The number of nitrogens with zero attached hydrogens (tertiary/aromatic N) is 1. The molecule has 0 spiro atoms. The fourth-order valence-corrected chi connectivity index (χ4v) is 2.55. The van der Waals surface area contributed by atoms with Crippen LogP contribution in [-0.4, -0.2) is 17.5 Å². The maximum Gasteiger partial charge on any atom is 0.336 e. The molecule has 6 nitrogen and oxygen atoms in total. The lowest BCUT2D eigenvalue weighted by Crippen LogP contribution is -2.25. The smallest absolute Gasteiger partial charge is 0.336 e. The summed E-state index contributed by atoms with van der Waals surface area (Å²) < 4.78 is 5.12. The van der Waals surface area contributed by atoms with Gasteiger partial charge in [-0.15, -0.1) is 0 Å². The molecule has 1 aliphatic rings. The van der Waals surface area contributed by atoms with Crippen LogP contribution in [0.3, 0.4) is 0 Å². The number of carbonyl (C=O) groups excluding carboxylic acids is 1. The highest BCUT2D eigenvalue weighted by molar-refractivity contribution is 5.92. The zero-order valence-corrected chi connectivity index (χ0v) is 12.8. The number of nitrogens with one attached hydrogen (secondary N) is 1. The average Bonchev–Trinajstić information content (AvgIpc) is 2.46. The van der Waals surface area contributed by atoms with Gasteiger partial charge in [0.2, 0.25) is 0 Å². The Balaban J connectivity index is 2.49. The first-order valence-electron chi connectivity index (χ1n) is 7.01. The lowest BCUT2D eigenvalue weighted by molar-refractivity contribution is -0.384. The van der Waals surface area contributed by atoms with Crippen LogP contribution in [0.2, 0.25) is 0 Å². The van der Waals surface area contributed by atoms with Crippen LogP contribution in [0.1, 0.15) is 32.3 Å². The number of allylic oxidation sites excluding steroid dienone is 3. The van der Waals surface area contributed by atoms with Crippen molar-refractivity contribution in [2.75, 3.05) is 6.61 Å². The number of rotatable bonds is 4. The topological polar surface area (TPSA) is 81.5 Å². The van der Waals surface area contributed by atoms with Crippen LogP contribution in [0, 0.1) is 10.1 Å². The van der Waals surface area contributed by atoms with Crippen molar-refractivity contribution < 1.29 is 14.5 Å². The number of esters is 1. The minimum Gasteiger partial charge on any atom is -0.463 e. The van der Waals surface area contributed by atoms with E-state index in [1.807, 2.05) is 13.0 Å². The van der Waals surface area contributed by atoms with Crippen LogP contribution in [0.25, 0.3) is 0 Å². The number of benzene rings is 1. The van der Waals surface area contributed by atoms with Gasteiger partial charge in [0, 0.05) is 29.4 Å². The fourth-order valence-electron chi connectivity index (χ4n) is 2.55. The minimum absolute atomic E-state index is 0.00273. The Hall–Kier alpha value is -2.63. The van der Waals surface area contributed by atoms with E-state index in [2.05, 4.69) is 5.32 Å². The van der Waals surface area contributed by atoms with Crippen LogP contribution in [0.4, 0.5) is 5.69 Å². The Morgan fingerprint density at radius 2 is 2.14 bits per heavy atom. The highest BCUT2D eigenvalue weighted by Crippen LogP contribution is 2.34. The summed E-state index contributed by atoms with van der Waals surface area (Å²) in [4.78, 5) is 22.7. The standard InChI is InChI=1S/C16H18N2O4/c1-4-22-16(19)15-11(3)17-10(2)8-14(15)12-6-5-7-13(9-12)18(20)21/h5-9,14,17H,4H2,1-3H3. The maximum atomic E-state index is 12.2. The van der Waals surface area contributed by atoms with E-state index in [1.54, 1.807) is 26.0 Å². The summed E-state index contributed by atoms with van der Waals surface area (Å²) >= 11 is 0. The predicted octanol–water partition coefficient (Wildman–Crippen LogP) is 3.02. The number of ether oxygens (including phenoxy) is 1. The van der Waals surface area contributed by atoms with E-state index in [9.17, 15) is 14.9 Å². The minimum atomic E-state index is -0.443. The third kappa shape index (κ3) is 3.16. The van der Waals surface area contributed by atoms with Crippen molar-refractivity contribution in [2.24, 2.45) is 0 Å². The van der Waals surface area contributed by atoms with E-state index >= 15 is 0 Å². The van der Waals surface area contributed by atoms with Gasteiger partial charge >= 0.3 is 5.97 Å². The molecule has 116 valence electrons. The molecule has 0 aliphatic carbocycles. The number of nitro benzene ring substituents is 1. The Labute approximate surface area is 128 Å². The number of nitro groups is 1. The zero-order chi connectivity index (χ0) is 16.3. The molecule has 2 rings (SSSR count). The molecule has 0 saturated carbocycles. The predicted molar refractivity (Wildman–Crippen MR) is 82.1 cm³/mol. The Bertz CT molecular complexity index is 676. The molecular formula is C16H18N2O4. The zero-order valence-electron chi connectivity index (χ0n) is 12.8. The quantitative estimate of drug-likeness (QED) is 0.525. The van der Waals surface area contributed by atoms with Gasteiger partial charge in [-0.25, -0.2) is 4.79 Å². The first-order valence-corrected chi connectivity index (χ1v) is 7.01. The number of carbonyl (C=O) groups is 1. The van der Waals surface area contributed by atoms with Gasteiger partial charge in [-0.1, -0.05) is 18.2 Å². The molecular weight excluding hydrogens is 284 g/mol. The molecule has 0 fully saturated rings. The van der Waals surface area contributed by atoms with Crippen LogP contribution >= 0.6 is 0 Å². The van der Waals surface area contributed by atoms with Crippen molar-refractivity contribution in [1.82, 2.24) is 5.32 Å². The Morgan fingerprint density at radius 3 is 2.77 bits per heavy atom.